The van der Waals surface area contributed by atoms with E-state index in [-0.39, 0.29) is 0 Å². The molecule has 0 heterocycles. The van der Waals surface area contributed by atoms with Crippen LogP contribution < -0.4 is 0 Å². The van der Waals surface area contributed by atoms with E-state index in [0.29, 0.717) is 11.2 Å². The van der Waals surface area contributed by atoms with Gasteiger partial charge in [-0.1, -0.05) is 18.2 Å². The highest BCUT2D eigenvalue weighted by Crippen LogP contribution is 2.56. The van der Waals surface area contributed by atoms with Crippen LogP contribution in [0.2, 0.25) is 0 Å². The second kappa shape index (κ2) is 2.34. The maximum atomic E-state index is 11.1. The van der Waals surface area contributed by atoms with Crippen molar-refractivity contribution in [1.29, 1.82) is 0 Å². The van der Waals surface area contributed by atoms with Gasteiger partial charge in [0.25, 0.3) is 0 Å². The summed E-state index contributed by atoms with van der Waals surface area (Å²) in [5, 5.41) is 0. The van der Waals surface area contributed by atoms with Crippen molar-refractivity contribution < 1.29 is 4.79 Å². The summed E-state index contributed by atoms with van der Waals surface area (Å²) >= 11 is 0. The summed E-state index contributed by atoms with van der Waals surface area (Å²) in [6.45, 7) is 0. The van der Waals surface area contributed by atoms with Crippen LogP contribution in [0, 0.1) is 17.3 Å². The number of carbonyl (C=O) groups excluding carboxylic acids is 1. The fourth-order valence-electron chi connectivity index (χ4n) is 3.25. The maximum absolute atomic E-state index is 11.1. The third-order valence-electron chi connectivity index (χ3n) is 3.99. The molecule has 3 atom stereocenters. The molecule has 2 bridgehead atoms. The predicted octanol–water partition coefficient (Wildman–Crippen LogP) is 2.49. The van der Waals surface area contributed by atoms with Crippen LogP contribution >= 0.6 is 0 Å². The third-order valence-corrected chi connectivity index (χ3v) is 3.99. The zero-order chi connectivity index (χ0) is 8.89. The van der Waals surface area contributed by atoms with Crippen molar-refractivity contribution in [3.8, 4) is 0 Å². The zero-order valence-electron chi connectivity index (χ0n) is 7.70. The maximum Gasteiger partial charge on any atom is 0.155 e. The lowest BCUT2D eigenvalue weighted by Gasteiger charge is -2.34. The number of carbonyl (C=O) groups is 1. The van der Waals surface area contributed by atoms with Crippen molar-refractivity contribution in [2.45, 2.75) is 25.7 Å². The molecule has 0 aromatic rings. The number of fused-ring (bicyclic) bond motifs is 3. The van der Waals surface area contributed by atoms with Crippen LogP contribution in [0.15, 0.2) is 24.3 Å². The molecule has 13 heavy (non-hydrogen) atoms. The quantitative estimate of drug-likeness (QED) is 0.516. The SMILES string of the molecule is O=C1C=CC2(CC1)CC1C=CC2C1. The standard InChI is InChI=1S/C12H14O/c13-11-3-5-12(6-4-11)8-9-1-2-10(12)7-9/h1-3,5,9-10H,4,6-8H2. The average molecular weight is 174 g/mol. The van der Waals surface area contributed by atoms with Crippen molar-refractivity contribution in [2.75, 3.05) is 0 Å². The number of rotatable bonds is 0. The van der Waals surface area contributed by atoms with E-state index in [0.717, 1.165) is 24.7 Å². The van der Waals surface area contributed by atoms with Crippen LogP contribution in [-0.4, -0.2) is 5.78 Å². The minimum Gasteiger partial charge on any atom is -0.295 e. The van der Waals surface area contributed by atoms with Crippen LogP contribution in [0.4, 0.5) is 0 Å². The lowest BCUT2D eigenvalue weighted by molar-refractivity contribution is -0.115. The number of hydrogen-bond acceptors (Lipinski definition) is 1. The van der Waals surface area contributed by atoms with E-state index in [1.807, 2.05) is 6.08 Å². The van der Waals surface area contributed by atoms with Gasteiger partial charge in [0.1, 0.15) is 0 Å². The molecule has 1 saturated carbocycles. The van der Waals surface area contributed by atoms with E-state index in [9.17, 15) is 4.79 Å². The Morgan fingerprint density at radius 2 is 2.31 bits per heavy atom. The van der Waals surface area contributed by atoms with Gasteiger partial charge in [0, 0.05) is 6.42 Å². The van der Waals surface area contributed by atoms with Gasteiger partial charge >= 0.3 is 0 Å². The molecule has 1 spiro atoms. The molecule has 3 aliphatic rings. The molecule has 3 rings (SSSR count). The molecule has 0 radical (unpaired) electrons. The monoisotopic (exact) mass is 174 g/mol. The fourth-order valence-corrected chi connectivity index (χ4v) is 3.25. The van der Waals surface area contributed by atoms with E-state index >= 15 is 0 Å². The lowest BCUT2D eigenvalue weighted by atomic mass is 9.70. The molecule has 68 valence electrons. The van der Waals surface area contributed by atoms with E-state index in [2.05, 4.69) is 18.2 Å². The van der Waals surface area contributed by atoms with Gasteiger partial charge in [0.05, 0.1) is 0 Å². The topological polar surface area (TPSA) is 17.1 Å². The van der Waals surface area contributed by atoms with Crippen molar-refractivity contribution in [2.24, 2.45) is 17.3 Å². The summed E-state index contributed by atoms with van der Waals surface area (Å²) in [7, 11) is 0. The molecule has 0 N–H and O–H groups in total. The molecule has 0 aromatic carbocycles. The Morgan fingerprint density at radius 3 is 2.85 bits per heavy atom. The Bertz CT molecular complexity index is 313. The molecule has 0 saturated heterocycles. The Kier molecular flexibility index (Phi) is 1.36. The van der Waals surface area contributed by atoms with Gasteiger partial charge in [-0.05, 0) is 42.6 Å². The molecule has 3 unspecified atom stereocenters. The van der Waals surface area contributed by atoms with Gasteiger partial charge in [-0.25, -0.2) is 0 Å². The van der Waals surface area contributed by atoms with Gasteiger partial charge in [0.2, 0.25) is 0 Å². The minimum absolute atomic E-state index is 0.317. The number of allylic oxidation sites excluding steroid dienone is 4. The summed E-state index contributed by atoms with van der Waals surface area (Å²) < 4.78 is 0. The van der Waals surface area contributed by atoms with E-state index in [4.69, 9.17) is 0 Å². The van der Waals surface area contributed by atoms with Crippen molar-refractivity contribution in [3.05, 3.63) is 24.3 Å². The molecule has 0 aliphatic heterocycles. The Labute approximate surface area is 78.5 Å². The molecule has 1 heteroatoms. The molecule has 0 aromatic heterocycles. The molecule has 1 nitrogen and oxygen atoms in total. The largest absolute Gasteiger partial charge is 0.295 e. The van der Waals surface area contributed by atoms with Crippen LogP contribution in [0.5, 0.6) is 0 Å². The summed E-state index contributed by atoms with van der Waals surface area (Å²) in [5.41, 5.74) is 0.382. The van der Waals surface area contributed by atoms with Gasteiger partial charge in [-0.2, -0.15) is 0 Å². The highest BCUT2D eigenvalue weighted by atomic mass is 16.1. The predicted molar refractivity (Wildman–Crippen MR) is 51.2 cm³/mol. The first-order valence-corrected chi connectivity index (χ1v) is 5.19. The molecule has 0 amide bonds. The molecule has 3 aliphatic carbocycles. The zero-order valence-corrected chi connectivity index (χ0v) is 7.70. The van der Waals surface area contributed by atoms with Gasteiger partial charge in [0.15, 0.2) is 5.78 Å². The van der Waals surface area contributed by atoms with Crippen LogP contribution in [0.3, 0.4) is 0 Å². The third kappa shape index (κ3) is 0.962. The van der Waals surface area contributed by atoms with E-state index < -0.39 is 0 Å². The van der Waals surface area contributed by atoms with Crippen LogP contribution in [0.25, 0.3) is 0 Å². The second-order valence-corrected chi connectivity index (χ2v) is 4.72. The lowest BCUT2D eigenvalue weighted by Crippen LogP contribution is -2.27. The van der Waals surface area contributed by atoms with Crippen LogP contribution in [-0.2, 0) is 4.79 Å². The minimum atomic E-state index is 0.317. The fraction of sp³-hybridized carbons (Fsp3) is 0.583. The van der Waals surface area contributed by atoms with E-state index in [1.165, 1.54) is 12.8 Å². The van der Waals surface area contributed by atoms with Gasteiger partial charge < -0.3 is 0 Å². The molecular weight excluding hydrogens is 160 g/mol. The van der Waals surface area contributed by atoms with Gasteiger partial charge in [-0.15, -0.1) is 0 Å². The summed E-state index contributed by atoms with van der Waals surface area (Å²) in [5.74, 6) is 1.86. The van der Waals surface area contributed by atoms with Crippen molar-refractivity contribution in [3.63, 3.8) is 0 Å². The Morgan fingerprint density at radius 1 is 1.38 bits per heavy atom. The molecule has 1 fully saturated rings. The second-order valence-electron chi connectivity index (χ2n) is 4.72. The van der Waals surface area contributed by atoms with E-state index in [1.54, 1.807) is 0 Å². The average Bonchev–Trinajstić information content (AvgIpc) is 2.70. The Balaban J connectivity index is 1.95. The first kappa shape index (κ1) is 7.54. The highest BCUT2D eigenvalue weighted by Gasteiger charge is 2.47. The van der Waals surface area contributed by atoms with Gasteiger partial charge in [-0.3, -0.25) is 4.79 Å². The summed E-state index contributed by atoms with van der Waals surface area (Å²) in [4.78, 5) is 11.1. The summed E-state index contributed by atoms with van der Waals surface area (Å²) in [6, 6.07) is 0. The van der Waals surface area contributed by atoms with Crippen molar-refractivity contribution in [1.82, 2.24) is 0 Å². The highest BCUT2D eigenvalue weighted by molar-refractivity contribution is 5.90. The summed E-state index contributed by atoms with van der Waals surface area (Å²) in [6.07, 6.45) is 13.2. The first-order valence-electron chi connectivity index (χ1n) is 5.19. The van der Waals surface area contributed by atoms with Crippen LogP contribution in [0.1, 0.15) is 25.7 Å². The number of hydrogen-bond donors (Lipinski definition) is 0. The van der Waals surface area contributed by atoms with Crippen molar-refractivity contribution >= 4 is 5.78 Å². The number of ketones is 1. The first-order chi connectivity index (χ1) is 6.28. The molecular formula is C12H14O. The smallest absolute Gasteiger partial charge is 0.155 e. The normalized spacial score (nSPS) is 46.6. The Hall–Kier alpha value is -0.850.